The average molecular weight is 251 g/mol. The molecule has 0 atom stereocenters. The fraction of sp³-hybridized carbons (Fsp3) is 0.750. The summed E-state index contributed by atoms with van der Waals surface area (Å²) in [4.78, 5) is 0. The van der Waals surface area contributed by atoms with Crippen LogP contribution in [0.4, 0.5) is 0 Å². The van der Waals surface area contributed by atoms with E-state index in [0.29, 0.717) is 10.8 Å². The number of hydrogen-bond acceptors (Lipinski definition) is 0. The van der Waals surface area contributed by atoms with Crippen LogP contribution in [0.25, 0.3) is 0 Å². The van der Waals surface area contributed by atoms with Crippen LogP contribution in [0.3, 0.4) is 0 Å². The molecular formula is C16H30Si. The van der Waals surface area contributed by atoms with E-state index in [0.717, 1.165) is 0 Å². The summed E-state index contributed by atoms with van der Waals surface area (Å²) in [5, 5.41) is 1.75. The molecule has 1 rings (SSSR count). The zero-order chi connectivity index (χ0) is 13.6. The Hall–Kier alpha value is -0.303. The first-order valence-corrected chi connectivity index (χ1v) is 10.3. The van der Waals surface area contributed by atoms with Crippen LogP contribution in [0.2, 0.25) is 19.6 Å². The van der Waals surface area contributed by atoms with Gasteiger partial charge in [0.05, 0.1) is 8.07 Å². The van der Waals surface area contributed by atoms with Crippen LogP contribution in [0.15, 0.2) is 22.4 Å². The van der Waals surface area contributed by atoms with Crippen LogP contribution >= 0.6 is 0 Å². The second-order valence-electron chi connectivity index (χ2n) is 8.43. The van der Waals surface area contributed by atoms with Crippen LogP contribution in [-0.2, 0) is 0 Å². The molecule has 1 aliphatic rings. The highest BCUT2D eigenvalue weighted by atomic mass is 28.3. The van der Waals surface area contributed by atoms with E-state index in [2.05, 4.69) is 67.3 Å². The van der Waals surface area contributed by atoms with Crippen molar-refractivity contribution in [3.05, 3.63) is 22.4 Å². The third-order valence-corrected chi connectivity index (χ3v) is 5.62. The summed E-state index contributed by atoms with van der Waals surface area (Å²) in [7, 11) is -1.26. The van der Waals surface area contributed by atoms with Crippen LogP contribution in [0.5, 0.6) is 0 Å². The van der Waals surface area contributed by atoms with Crippen molar-refractivity contribution in [2.24, 2.45) is 10.8 Å². The van der Waals surface area contributed by atoms with Gasteiger partial charge in [-0.1, -0.05) is 78.0 Å². The maximum absolute atomic E-state index is 2.49. The van der Waals surface area contributed by atoms with Crippen molar-refractivity contribution in [2.45, 2.75) is 67.6 Å². The first kappa shape index (κ1) is 14.8. The Labute approximate surface area is 109 Å². The monoisotopic (exact) mass is 250 g/mol. The van der Waals surface area contributed by atoms with Gasteiger partial charge in [-0.3, -0.25) is 0 Å². The maximum Gasteiger partial charge on any atom is 0.0779 e. The van der Waals surface area contributed by atoms with Gasteiger partial charge in [-0.25, -0.2) is 0 Å². The van der Waals surface area contributed by atoms with Crippen LogP contribution in [0.1, 0.15) is 48.0 Å². The summed E-state index contributed by atoms with van der Waals surface area (Å²) in [6.07, 6.45) is 3.67. The molecule has 1 heteroatoms. The fourth-order valence-corrected chi connectivity index (χ4v) is 5.46. The molecule has 0 heterocycles. The Morgan fingerprint density at radius 2 is 1.35 bits per heavy atom. The summed E-state index contributed by atoms with van der Waals surface area (Å²) < 4.78 is 0. The third-order valence-electron chi connectivity index (χ3n) is 3.54. The Kier molecular flexibility index (Phi) is 3.57. The van der Waals surface area contributed by atoms with E-state index in [9.17, 15) is 0 Å². The van der Waals surface area contributed by atoms with E-state index in [-0.39, 0.29) is 0 Å². The van der Waals surface area contributed by atoms with E-state index in [1.165, 1.54) is 6.42 Å². The molecule has 0 aliphatic heterocycles. The van der Waals surface area contributed by atoms with E-state index >= 15 is 0 Å². The Balaban J connectivity index is 3.38. The average Bonchev–Trinajstić information content (AvgIpc) is 2.42. The van der Waals surface area contributed by atoms with Gasteiger partial charge in [-0.05, 0) is 22.8 Å². The lowest BCUT2D eigenvalue weighted by Gasteiger charge is -2.34. The standard InChI is InChI=1S/C16H30Si/c1-15(2,3)12-10-11-13(16(4,5)6)14(12)17(7,8)9/h10H,11H2,1-9H3. The fourth-order valence-electron chi connectivity index (χ4n) is 2.79. The molecule has 0 amide bonds. The van der Waals surface area contributed by atoms with E-state index in [1.807, 2.05) is 0 Å². The molecule has 0 radical (unpaired) electrons. The number of hydrogen-bond donors (Lipinski definition) is 0. The highest BCUT2D eigenvalue weighted by molar-refractivity contribution is 6.84. The van der Waals surface area contributed by atoms with Crippen molar-refractivity contribution < 1.29 is 0 Å². The predicted octanol–water partition coefficient (Wildman–Crippen LogP) is 5.58. The lowest BCUT2D eigenvalue weighted by atomic mass is 9.83. The van der Waals surface area contributed by atoms with Crippen molar-refractivity contribution in [3.8, 4) is 0 Å². The van der Waals surface area contributed by atoms with Gasteiger partial charge in [-0.2, -0.15) is 0 Å². The molecule has 0 unspecified atom stereocenters. The normalized spacial score (nSPS) is 18.8. The first-order chi connectivity index (χ1) is 7.35. The highest BCUT2D eigenvalue weighted by Crippen LogP contribution is 2.47. The van der Waals surface area contributed by atoms with Crippen molar-refractivity contribution >= 4 is 8.07 Å². The topological polar surface area (TPSA) is 0 Å². The summed E-state index contributed by atoms with van der Waals surface area (Å²) in [6, 6.07) is 0. The van der Waals surface area contributed by atoms with E-state index in [1.54, 1.807) is 16.3 Å². The molecule has 0 aromatic rings. The van der Waals surface area contributed by atoms with Gasteiger partial charge in [0.2, 0.25) is 0 Å². The van der Waals surface area contributed by atoms with Crippen LogP contribution in [-0.4, -0.2) is 8.07 Å². The Morgan fingerprint density at radius 3 is 1.65 bits per heavy atom. The van der Waals surface area contributed by atoms with Crippen LogP contribution < -0.4 is 0 Å². The molecule has 1 aliphatic carbocycles. The summed E-state index contributed by atoms with van der Waals surface area (Å²) in [5.41, 5.74) is 3.94. The number of rotatable bonds is 1. The third kappa shape index (κ3) is 3.13. The van der Waals surface area contributed by atoms with Crippen molar-refractivity contribution in [1.29, 1.82) is 0 Å². The molecular weight excluding hydrogens is 220 g/mol. The lowest BCUT2D eigenvalue weighted by Crippen LogP contribution is -2.31. The van der Waals surface area contributed by atoms with Gasteiger partial charge in [0, 0.05) is 0 Å². The minimum absolute atomic E-state index is 0.294. The molecule has 0 aromatic heterocycles. The molecule has 0 aromatic carbocycles. The van der Waals surface area contributed by atoms with Crippen molar-refractivity contribution in [1.82, 2.24) is 0 Å². The molecule has 0 saturated heterocycles. The molecule has 0 spiro atoms. The Bertz CT molecular complexity index is 362. The van der Waals surface area contributed by atoms with Gasteiger partial charge in [0.15, 0.2) is 0 Å². The summed E-state index contributed by atoms with van der Waals surface area (Å²) in [5.74, 6) is 0. The van der Waals surface area contributed by atoms with Crippen molar-refractivity contribution in [2.75, 3.05) is 0 Å². The second kappa shape index (κ2) is 4.12. The highest BCUT2D eigenvalue weighted by Gasteiger charge is 2.37. The van der Waals surface area contributed by atoms with Gasteiger partial charge in [0.1, 0.15) is 0 Å². The SMILES string of the molecule is CC(C)(C)C1=CCC(C(C)(C)C)=C1[Si](C)(C)C. The minimum atomic E-state index is -1.26. The molecule has 98 valence electrons. The van der Waals surface area contributed by atoms with Gasteiger partial charge in [0.25, 0.3) is 0 Å². The summed E-state index contributed by atoms with van der Waals surface area (Å²) >= 11 is 0. The smallest absolute Gasteiger partial charge is 0.0768 e. The first-order valence-electron chi connectivity index (χ1n) is 6.80. The maximum atomic E-state index is 2.49. The minimum Gasteiger partial charge on any atom is -0.0768 e. The zero-order valence-electron chi connectivity index (χ0n) is 13.3. The second-order valence-corrected chi connectivity index (χ2v) is 13.4. The van der Waals surface area contributed by atoms with Gasteiger partial charge < -0.3 is 0 Å². The molecule has 0 fully saturated rings. The van der Waals surface area contributed by atoms with E-state index in [4.69, 9.17) is 0 Å². The Morgan fingerprint density at radius 1 is 0.882 bits per heavy atom. The molecule has 17 heavy (non-hydrogen) atoms. The largest absolute Gasteiger partial charge is 0.0779 e. The van der Waals surface area contributed by atoms with Crippen LogP contribution in [0, 0.1) is 10.8 Å². The molecule has 0 bridgehead atoms. The molecule has 0 N–H and O–H groups in total. The quantitative estimate of drug-likeness (QED) is 0.533. The van der Waals surface area contributed by atoms with Gasteiger partial charge in [-0.15, -0.1) is 0 Å². The molecule has 0 saturated carbocycles. The van der Waals surface area contributed by atoms with E-state index < -0.39 is 8.07 Å². The van der Waals surface area contributed by atoms with Gasteiger partial charge >= 0.3 is 0 Å². The zero-order valence-corrected chi connectivity index (χ0v) is 14.3. The lowest BCUT2D eigenvalue weighted by molar-refractivity contribution is 0.490. The van der Waals surface area contributed by atoms with Crippen molar-refractivity contribution in [3.63, 3.8) is 0 Å². The molecule has 0 nitrogen and oxygen atoms in total. The number of allylic oxidation sites excluding steroid dienone is 4. The summed E-state index contributed by atoms with van der Waals surface area (Å²) in [6.45, 7) is 21.6. The predicted molar refractivity (Wildman–Crippen MR) is 82.0 cm³/mol.